The van der Waals surface area contributed by atoms with E-state index in [9.17, 15) is 9.59 Å². The highest BCUT2D eigenvalue weighted by molar-refractivity contribution is 7.14. The Morgan fingerprint density at radius 1 is 0.971 bits per heavy atom. The molecule has 2 aromatic heterocycles. The van der Waals surface area contributed by atoms with Gasteiger partial charge < -0.3 is 9.47 Å². The number of nitrogens with one attached hydrogen (secondary N) is 1. The van der Waals surface area contributed by atoms with E-state index in [0.717, 1.165) is 23.4 Å². The maximum Gasteiger partial charge on any atom is 0.277 e. The van der Waals surface area contributed by atoms with Crippen LogP contribution in [0.3, 0.4) is 0 Å². The van der Waals surface area contributed by atoms with Gasteiger partial charge in [-0.1, -0.05) is 25.1 Å². The molecular weight excluding hydrogens is 452 g/mol. The number of benzene rings is 2. The molecule has 4 rings (SSSR count). The van der Waals surface area contributed by atoms with Gasteiger partial charge in [0.2, 0.25) is 0 Å². The number of hydrogen-bond donors (Lipinski definition) is 1. The molecule has 4 aromatic rings. The Hall–Kier alpha value is -3.98. The third-order valence-electron chi connectivity index (χ3n) is 4.76. The van der Waals surface area contributed by atoms with E-state index in [1.165, 1.54) is 28.2 Å². The number of aromatic nitrogens is 3. The number of hydrogen-bond acceptors (Lipinski definition) is 7. The SMILES string of the molecule is CCCOc1ccc(-c2csc(NC(=O)c3ccc(=O)n(CCOc4ccccc4)n3)n2)cc1. The molecule has 1 N–H and O–H groups in total. The van der Waals surface area contributed by atoms with Gasteiger partial charge in [-0.15, -0.1) is 11.3 Å². The molecule has 0 aliphatic rings. The number of ether oxygens (including phenoxy) is 2. The van der Waals surface area contributed by atoms with Crippen molar-refractivity contribution in [1.82, 2.24) is 14.8 Å². The van der Waals surface area contributed by atoms with Gasteiger partial charge >= 0.3 is 0 Å². The number of carbonyl (C=O) groups excluding carboxylic acids is 1. The van der Waals surface area contributed by atoms with E-state index < -0.39 is 5.91 Å². The van der Waals surface area contributed by atoms with Crippen LogP contribution in [0.5, 0.6) is 11.5 Å². The van der Waals surface area contributed by atoms with Crippen molar-refractivity contribution in [2.24, 2.45) is 0 Å². The van der Waals surface area contributed by atoms with Crippen molar-refractivity contribution in [3.63, 3.8) is 0 Å². The zero-order valence-corrected chi connectivity index (χ0v) is 19.5. The molecule has 2 heterocycles. The molecule has 0 bridgehead atoms. The number of thiazole rings is 1. The fourth-order valence-electron chi connectivity index (χ4n) is 3.06. The van der Waals surface area contributed by atoms with Gasteiger partial charge in [0.25, 0.3) is 11.5 Å². The Balaban J connectivity index is 1.37. The highest BCUT2D eigenvalue weighted by atomic mass is 32.1. The summed E-state index contributed by atoms with van der Waals surface area (Å²) in [6.07, 6.45) is 0.949. The zero-order chi connectivity index (χ0) is 23.8. The van der Waals surface area contributed by atoms with Crippen molar-refractivity contribution >= 4 is 22.4 Å². The molecule has 0 aliphatic heterocycles. The topological polar surface area (TPSA) is 95.3 Å². The van der Waals surface area contributed by atoms with Crippen molar-refractivity contribution in [3.8, 4) is 22.8 Å². The second-order valence-electron chi connectivity index (χ2n) is 7.31. The van der Waals surface area contributed by atoms with Crippen LogP contribution in [0, 0.1) is 0 Å². The minimum Gasteiger partial charge on any atom is -0.494 e. The molecule has 0 radical (unpaired) electrons. The second kappa shape index (κ2) is 11.2. The van der Waals surface area contributed by atoms with Crippen LogP contribution in [0.25, 0.3) is 11.3 Å². The smallest absolute Gasteiger partial charge is 0.277 e. The number of anilines is 1. The first-order valence-electron chi connectivity index (χ1n) is 10.9. The van der Waals surface area contributed by atoms with Gasteiger partial charge in [-0.2, -0.15) is 5.10 Å². The molecule has 9 heteroatoms. The Bertz CT molecular complexity index is 1290. The minimum atomic E-state index is -0.443. The first-order valence-corrected chi connectivity index (χ1v) is 11.8. The standard InChI is InChI=1S/C25H24N4O4S/c1-2-15-32-20-10-8-18(9-11-20)22-17-34-25(26-22)27-24(31)21-12-13-23(30)29(28-21)14-16-33-19-6-4-3-5-7-19/h3-13,17H,2,14-16H2,1H3,(H,26,27,31). The summed E-state index contributed by atoms with van der Waals surface area (Å²) in [6.45, 7) is 3.20. The minimum absolute atomic E-state index is 0.119. The van der Waals surface area contributed by atoms with E-state index in [-0.39, 0.29) is 24.4 Å². The quantitative estimate of drug-likeness (QED) is 0.362. The molecule has 0 spiro atoms. The lowest BCUT2D eigenvalue weighted by Gasteiger charge is -2.08. The van der Waals surface area contributed by atoms with Gasteiger partial charge in [0.15, 0.2) is 5.13 Å². The lowest BCUT2D eigenvalue weighted by molar-refractivity contribution is 0.101. The third kappa shape index (κ3) is 6.08. The highest BCUT2D eigenvalue weighted by Gasteiger charge is 2.13. The Labute approximate surface area is 200 Å². The van der Waals surface area contributed by atoms with Crippen LogP contribution in [0.15, 0.2) is 76.9 Å². The fraction of sp³-hybridized carbons (Fsp3) is 0.200. The first-order chi connectivity index (χ1) is 16.6. The van der Waals surface area contributed by atoms with Crippen molar-refractivity contribution in [3.05, 3.63) is 88.2 Å². The molecule has 174 valence electrons. The van der Waals surface area contributed by atoms with E-state index in [1.54, 1.807) is 0 Å². The third-order valence-corrected chi connectivity index (χ3v) is 5.52. The molecule has 0 atom stereocenters. The monoisotopic (exact) mass is 476 g/mol. The van der Waals surface area contributed by atoms with Gasteiger partial charge in [-0.05, 0) is 48.9 Å². The van der Waals surface area contributed by atoms with E-state index in [1.807, 2.05) is 60.0 Å². The van der Waals surface area contributed by atoms with E-state index in [2.05, 4.69) is 22.3 Å². The molecule has 1 amide bonds. The largest absolute Gasteiger partial charge is 0.494 e. The summed E-state index contributed by atoms with van der Waals surface area (Å²) < 4.78 is 12.4. The van der Waals surface area contributed by atoms with Gasteiger partial charge in [0, 0.05) is 17.0 Å². The number of nitrogens with zero attached hydrogens (tertiary/aromatic N) is 3. The maximum absolute atomic E-state index is 12.7. The van der Waals surface area contributed by atoms with Gasteiger partial charge in [-0.25, -0.2) is 9.67 Å². The molecule has 0 aliphatic carbocycles. The van der Waals surface area contributed by atoms with E-state index in [4.69, 9.17) is 9.47 Å². The van der Waals surface area contributed by atoms with Crippen LogP contribution in [0.4, 0.5) is 5.13 Å². The summed E-state index contributed by atoms with van der Waals surface area (Å²) in [7, 11) is 0. The summed E-state index contributed by atoms with van der Waals surface area (Å²) in [5, 5.41) is 9.24. The second-order valence-corrected chi connectivity index (χ2v) is 8.16. The summed E-state index contributed by atoms with van der Waals surface area (Å²) in [5.74, 6) is 1.07. The summed E-state index contributed by atoms with van der Waals surface area (Å²) in [6, 6.07) is 19.7. The first kappa shape index (κ1) is 23.2. The predicted molar refractivity (Wildman–Crippen MR) is 132 cm³/mol. The van der Waals surface area contributed by atoms with Gasteiger partial charge in [0.1, 0.15) is 23.8 Å². The molecule has 0 saturated carbocycles. The summed E-state index contributed by atoms with van der Waals surface area (Å²) in [5.41, 5.74) is 1.48. The van der Waals surface area contributed by atoms with Gasteiger partial charge in [-0.3, -0.25) is 14.9 Å². The molecule has 0 fully saturated rings. The fourth-order valence-corrected chi connectivity index (χ4v) is 3.78. The Kier molecular flexibility index (Phi) is 7.67. The molecule has 0 saturated heterocycles. The molecule has 8 nitrogen and oxygen atoms in total. The predicted octanol–water partition coefficient (Wildman–Crippen LogP) is 4.49. The highest BCUT2D eigenvalue weighted by Crippen LogP contribution is 2.26. The van der Waals surface area contributed by atoms with E-state index in [0.29, 0.717) is 17.5 Å². The van der Waals surface area contributed by atoms with Crippen LogP contribution in [0.1, 0.15) is 23.8 Å². The average molecular weight is 477 g/mol. The normalized spacial score (nSPS) is 10.6. The van der Waals surface area contributed by atoms with Gasteiger partial charge in [0.05, 0.1) is 18.8 Å². The van der Waals surface area contributed by atoms with E-state index >= 15 is 0 Å². The van der Waals surface area contributed by atoms with Crippen molar-refractivity contribution in [2.45, 2.75) is 19.9 Å². The molecular formula is C25H24N4O4S. The number of rotatable bonds is 10. The van der Waals surface area contributed by atoms with Crippen LogP contribution in [0.2, 0.25) is 0 Å². The van der Waals surface area contributed by atoms with Crippen LogP contribution in [-0.2, 0) is 6.54 Å². The van der Waals surface area contributed by atoms with Crippen LogP contribution < -0.4 is 20.3 Å². The van der Waals surface area contributed by atoms with Crippen LogP contribution >= 0.6 is 11.3 Å². The summed E-state index contributed by atoms with van der Waals surface area (Å²) in [4.78, 5) is 29.3. The molecule has 34 heavy (non-hydrogen) atoms. The molecule has 2 aromatic carbocycles. The Morgan fingerprint density at radius 3 is 2.47 bits per heavy atom. The number of para-hydroxylation sites is 1. The molecule has 0 unspecified atom stereocenters. The zero-order valence-electron chi connectivity index (χ0n) is 18.6. The van der Waals surface area contributed by atoms with Crippen molar-refractivity contribution in [1.29, 1.82) is 0 Å². The number of carbonyl (C=O) groups is 1. The number of amides is 1. The lowest BCUT2D eigenvalue weighted by Crippen LogP contribution is -2.28. The van der Waals surface area contributed by atoms with Crippen molar-refractivity contribution < 1.29 is 14.3 Å². The summed E-state index contributed by atoms with van der Waals surface area (Å²) >= 11 is 1.31. The maximum atomic E-state index is 12.7. The van der Waals surface area contributed by atoms with Crippen LogP contribution in [-0.4, -0.2) is 33.9 Å². The lowest BCUT2D eigenvalue weighted by atomic mass is 10.2. The van der Waals surface area contributed by atoms with Crippen molar-refractivity contribution in [2.75, 3.05) is 18.5 Å². The Morgan fingerprint density at radius 2 is 1.71 bits per heavy atom. The average Bonchev–Trinajstić information content (AvgIpc) is 3.33.